The summed E-state index contributed by atoms with van der Waals surface area (Å²) >= 11 is 5.87. The number of pyridine rings is 1. The van der Waals surface area contributed by atoms with Crippen LogP contribution in [0.2, 0.25) is 5.02 Å². The monoisotopic (exact) mass is 481 g/mol. The van der Waals surface area contributed by atoms with Crippen LogP contribution < -0.4 is 10.6 Å². The van der Waals surface area contributed by atoms with Gasteiger partial charge in [-0.1, -0.05) is 17.7 Å². The molecule has 0 fully saturated rings. The van der Waals surface area contributed by atoms with Crippen molar-refractivity contribution in [2.45, 2.75) is 6.42 Å². The lowest BCUT2D eigenvalue weighted by molar-refractivity contribution is 0.0696. The van der Waals surface area contributed by atoms with Crippen LogP contribution in [0.5, 0.6) is 0 Å². The summed E-state index contributed by atoms with van der Waals surface area (Å²) in [7, 11) is 1.64. The van der Waals surface area contributed by atoms with Crippen molar-refractivity contribution in [3.8, 4) is 11.1 Å². The Morgan fingerprint density at radius 1 is 1.15 bits per heavy atom. The molecular formula is C24H21ClFN5O3. The molecule has 0 radical (unpaired) electrons. The highest BCUT2D eigenvalue weighted by Gasteiger charge is 2.12. The highest BCUT2D eigenvalue weighted by atomic mass is 35.5. The van der Waals surface area contributed by atoms with E-state index in [1.807, 2.05) is 18.2 Å². The molecule has 0 aliphatic rings. The maximum atomic E-state index is 13.5. The number of benzene rings is 2. The van der Waals surface area contributed by atoms with Gasteiger partial charge in [0.2, 0.25) is 5.95 Å². The van der Waals surface area contributed by atoms with Crippen LogP contribution in [-0.2, 0) is 4.74 Å². The number of fused-ring (bicyclic) bond motifs is 1. The molecule has 0 atom stereocenters. The predicted octanol–water partition coefficient (Wildman–Crippen LogP) is 5.37. The molecule has 2 heterocycles. The van der Waals surface area contributed by atoms with E-state index in [1.54, 1.807) is 25.4 Å². The van der Waals surface area contributed by atoms with Crippen LogP contribution in [0.25, 0.3) is 22.0 Å². The number of carboxylic acids is 1. The Labute approximate surface area is 199 Å². The lowest BCUT2D eigenvalue weighted by Gasteiger charge is -2.14. The summed E-state index contributed by atoms with van der Waals surface area (Å²) in [6.45, 7) is 1.20. The molecule has 3 N–H and O–H groups in total. The standard InChI is InChI=1S/C24H21ClFN5O3/c1-34-8-2-7-27-22-18(13-29-24(31-22)30-17-4-5-20(26)19(25)11-17)14-3-6-21-15(9-14)10-16(12-28-21)23(32)33/h3-6,9-13H,2,7-8H2,1H3,(H,32,33)(H2,27,29,30,31). The zero-order chi connectivity index (χ0) is 24.1. The fraction of sp³-hybridized carbons (Fsp3) is 0.167. The fourth-order valence-electron chi connectivity index (χ4n) is 3.33. The van der Waals surface area contributed by atoms with E-state index in [0.717, 1.165) is 17.5 Å². The molecule has 2 aromatic carbocycles. The normalized spacial score (nSPS) is 10.9. The summed E-state index contributed by atoms with van der Waals surface area (Å²) in [5.74, 6) is -0.680. The van der Waals surface area contributed by atoms with Gasteiger partial charge in [0.25, 0.3) is 0 Å². The van der Waals surface area contributed by atoms with Gasteiger partial charge in [0, 0.05) is 49.3 Å². The molecular weight excluding hydrogens is 461 g/mol. The zero-order valence-electron chi connectivity index (χ0n) is 18.2. The van der Waals surface area contributed by atoms with Gasteiger partial charge >= 0.3 is 5.97 Å². The van der Waals surface area contributed by atoms with Gasteiger partial charge in [0.15, 0.2) is 0 Å². The van der Waals surface area contributed by atoms with Crippen molar-refractivity contribution in [1.29, 1.82) is 0 Å². The van der Waals surface area contributed by atoms with Gasteiger partial charge in [0.05, 0.1) is 16.1 Å². The van der Waals surface area contributed by atoms with E-state index >= 15 is 0 Å². The summed E-state index contributed by atoms with van der Waals surface area (Å²) in [5.41, 5.74) is 2.85. The highest BCUT2D eigenvalue weighted by Crippen LogP contribution is 2.30. The van der Waals surface area contributed by atoms with Crippen molar-refractivity contribution < 1.29 is 19.0 Å². The first-order valence-corrected chi connectivity index (χ1v) is 10.8. The van der Waals surface area contributed by atoms with Crippen LogP contribution in [0, 0.1) is 5.82 Å². The number of halogens is 2. The highest BCUT2D eigenvalue weighted by molar-refractivity contribution is 6.31. The molecule has 0 saturated carbocycles. The second-order valence-electron chi connectivity index (χ2n) is 7.42. The van der Waals surface area contributed by atoms with Gasteiger partial charge in [0.1, 0.15) is 11.6 Å². The lowest BCUT2D eigenvalue weighted by atomic mass is 10.0. The Kier molecular flexibility index (Phi) is 7.15. The minimum Gasteiger partial charge on any atom is -0.478 e. The third-order valence-corrected chi connectivity index (χ3v) is 5.31. The van der Waals surface area contributed by atoms with Crippen molar-refractivity contribution >= 4 is 45.9 Å². The van der Waals surface area contributed by atoms with E-state index in [1.165, 1.54) is 18.3 Å². The van der Waals surface area contributed by atoms with Crippen LogP contribution in [0.1, 0.15) is 16.8 Å². The first kappa shape index (κ1) is 23.3. The largest absolute Gasteiger partial charge is 0.478 e. The van der Waals surface area contributed by atoms with Crippen LogP contribution in [0.4, 0.5) is 21.8 Å². The summed E-state index contributed by atoms with van der Waals surface area (Å²) in [6.07, 6.45) is 3.76. The fourth-order valence-corrected chi connectivity index (χ4v) is 3.51. The van der Waals surface area contributed by atoms with Gasteiger partial charge < -0.3 is 20.5 Å². The van der Waals surface area contributed by atoms with Crippen LogP contribution in [0.15, 0.2) is 54.9 Å². The maximum absolute atomic E-state index is 13.5. The van der Waals surface area contributed by atoms with Gasteiger partial charge in [-0.2, -0.15) is 4.98 Å². The molecule has 0 aliphatic heterocycles. The number of hydrogen-bond donors (Lipinski definition) is 3. The summed E-state index contributed by atoms with van der Waals surface area (Å²) < 4.78 is 18.6. The minimum atomic E-state index is -1.04. The van der Waals surface area contributed by atoms with E-state index < -0.39 is 11.8 Å². The Morgan fingerprint density at radius 2 is 2.00 bits per heavy atom. The molecule has 34 heavy (non-hydrogen) atoms. The van der Waals surface area contributed by atoms with E-state index in [4.69, 9.17) is 16.3 Å². The summed E-state index contributed by atoms with van der Waals surface area (Å²) in [4.78, 5) is 24.6. The van der Waals surface area contributed by atoms with Gasteiger partial charge in [-0.05, 0) is 48.4 Å². The first-order chi connectivity index (χ1) is 16.4. The van der Waals surface area contributed by atoms with Crippen molar-refractivity contribution in [3.63, 3.8) is 0 Å². The van der Waals surface area contributed by atoms with Crippen LogP contribution in [0.3, 0.4) is 0 Å². The smallest absolute Gasteiger partial charge is 0.337 e. The van der Waals surface area contributed by atoms with E-state index in [-0.39, 0.29) is 10.6 Å². The topological polar surface area (TPSA) is 109 Å². The summed E-state index contributed by atoms with van der Waals surface area (Å²) in [5, 5.41) is 16.3. The number of carboxylic acid groups (broad SMARTS) is 1. The number of aromatic carboxylic acids is 1. The number of anilines is 3. The third kappa shape index (κ3) is 5.38. The number of nitrogens with one attached hydrogen (secondary N) is 2. The average Bonchev–Trinajstić information content (AvgIpc) is 2.83. The molecule has 8 nitrogen and oxygen atoms in total. The van der Waals surface area contributed by atoms with Gasteiger partial charge in [-0.25, -0.2) is 14.2 Å². The molecule has 0 unspecified atom stereocenters. The van der Waals surface area contributed by atoms with E-state index in [9.17, 15) is 14.3 Å². The number of aromatic nitrogens is 3. The van der Waals surface area contributed by atoms with Crippen LogP contribution >= 0.6 is 11.6 Å². The Morgan fingerprint density at radius 3 is 2.76 bits per heavy atom. The van der Waals surface area contributed by atoms with Crippen molar-refractivity contribution in [1.82, 2.24) is 15.0 Å². The van der Waals surface area contributed by atoms with Crippen LogP contribution in [-0.4, -0.2) is 46.3 Å². The second kappa shape index (κ2) is 10.4. The van der Waals surface area contributed by atoms with E-state index in [2.05, 4.69) is 25.6 Å². The maximum Gasteiger partial charge on any atom is 0.337 e. The molecule has 0 aliphatic carbocycles. The zero-order valence-corrected chi connectivity index (χ0v) is 18.9. The van der Waals surface area contributed by atoms with Crippen molar-refractivity contribution in [2.75, 3.05) is 30.9 Å². The number of ether oxygens (including phenoxy) is 1. The number of nitrogens with zero attached hydrogens (tertiary/aromatic N) is 3. The average molecular weight is 482 g/mol. The molecule has 0 amide bonds. The Bertz CT molecular complexity index is 1350. The number of rotatable bonds is 9. The van der Waals surface area contributed by atoms with Crippen molar-refractivity contribution in [3.05, 3.63) is 71.3 Å². The molecule has 4 rings (SSSR count). The Balaban J connectivity index is 1.69. The number of hydrogen-bond acceptors (Lipinski definition) is 7. The SMILES string of the molecule is COCCCNc1nc(Nc2ccc(F)c(Cl)c2)ncc1-c1ccc2ncc(C(=O)O)cc2c1. The Hall–Kier alpha value is -3.82. The quantitative estimate of drug-likeness (QED) is 0.273. The molecule has 0 spiro atoms. The van der Waals surface area contributed by atoms with E-state index in [0.29, 0.717) is 41.5 Å². The predicted molar refractivity (Wildman–Crippen MR) is 129 cm³/mol. The molecule has 10 heteroatoms. The second-order valence-corrected chi connectivity index (χ2v) is 7.83. The lowest BCUT2D eigenvalue weighted by Crippen LogP contribution is -2.09. The van der Waals surface area contributed by atoms with Gasteiger partial charge in [-0.15, -0.1) is 0 Å². The summed E-state index contributed by atoms with van der Waals surface area (Å²) in [6, 6.07) is 11.4. The minimum absolute atomic E-state index is 0.00922. The third-order valence-electron chi connectivity index (χ3n) is 5.02. The molecule has 174 valence electrons. The molecule has 0 saturated heterocycles. The molecule has 0 bridgehead atoms. The molecule has 4 aromatic rings. The van der Waals surface area contributed by atoms with Crippen molar-refractivity contribution in [2.24, 2.45) is 0 Å². The molecule has 2 aromatic heterocycles. The van der Waals surface area contributed by atoms with Gasteiger partial charge in [-0.3, -0.25) is 4.98 Å². The number of carbonyl (C=O) groups is 1. The number of methoxy groups -OCH3 is 1. The first-order valence-electron chi connectivity index (χ1n) is 10.4.